The fourth-order valence-electron chi connectivity index (χ4n) is 4.53. The molecule has 10 heteroatoms. The molecule has 4 aromatic rings. The Kier molecular flexibility index (Phi) is 7.64. The lowest BCUT2D eigenvalue weighted by Gasteiger charge is -2.25. The molecule has 1 aliphatic carbocycles. The van der Waals surface area contributed by atoms with Crippen LogP contribution in [0.15, 0.2) is 53.4 Å². The molecule has 0 unspecified atom stereocenters. The maximum atomic E-state index is 15.0. The van der Waals surface area contributed by atoms with Crippen LogP contribution in [0.5, 0.6) is 5.75 Å². The number of thiazole rings is 1. The zero-order valence-corrected chi connectivity index (χ0v) is 21.9. The van der Waals surface area contributed by atoms with Gasteiger partial charge < -0.3 is 4.74 Å². The summed E-state index contributed by atoms with van der Waals surface area (Å²) in [5, 5.41) is -0.765. The fourth-order valence-corrected chi connectivity index (χ4v) is 6.56. The number of halogens is 6. The van der Waals surface area contributed by atoms with Gasteiger partial charge in [-0.25, -0.2) is 22.5 Å². The number of hydrogen-bond acceptors (Lipinski definition) is 4. The van der Waals surface area contributed by atoms with Crippen molar-refractivity contribution in [3.8, 4) is 16.9 Å². The van der Waals surface area contributed by atoms with E-state index in [0.717, 1.165) is 16.6 Å². The second-order valence-electron chi connectivity index (χ2n) is 9.60. The number of hydrogen-bond donors (Lipinski definition) is 0. The molecule has 0 amide bonds. The third kappa shape index (κ3) is 5.81. The Morgan fingerprint density at radius 3 is 2.32 bits per heavy atom. The highest BCUT2D eigenvalue weighted by Crippen LogP contribution is 2.39. The van der Waals surface area contributed by atoms with Crippen LogP contribution in [0.25, 0.3) is 21.3 Å². The van der Waals surface area contributed by atoms with E-state index in [0.29, 0.717) is 45.2 Å². The van der Waals surface area contributed by atoms with Crippen molar-refractivity contribution in [2.75, 3.05) is 5.75 Å². The molecule has 200 valence electrons. The van der Waals surface area contributed by atoms with E-state index >= 15 is 4.39 Å². The van der Waals surface area contributed by atoms with Gasteiger partial charge in [0.15, 0.2) is 17.5 Å². The lowest BCUT2D eigenvalue weighted by Crippen LogP contribution is -2.21. The molecule has 1 saturated carbocycles. The average molecular weight is 568 g/mol. The Morgan fingerprint density at radius 1 is 0.921 bits per heavy atom. The molecule has 0 spiro atoms. The molecule has 0 N–H and O–H groups in total. The third-order valence-corrected chi connectivity index (χ3v) is 9.01. The zero-order chi connectivity index (χ0) is 27.0. The largest absolute Gasteiger partial charge is 0.454 e. The molecule has 3 aromatic carbocycles. The second kappa shape index (κ2) is 10.8. The van der Waals surface area contributed by atoms with Crippen molar-refractivity contribution in [2.24, 2.45) is 11.8 Å². The van der Waals surface area contributed by atoms with Crippen LogP contribution in [-0.4, -0.2) is 10.7 Å². The molecule has 0 radical (unpaired) electrons. The van der Waals surface area contributed by atoms with Crippen LogP contribution < -0.4 is 4.74 Å². The summed E-state index contributed by atoms with van der Waals surface area (Å²) in [4.78, 5) is 4.72. The Hall–Kier alpha value is -2.72. The number of alkyl halides is 2. The van der Waals surface area contributed by atoms with Gasteiger partial charge in [0.1, 0.15) is 11.6 Å². The molecule has 2 nitrogen and oxygen atoms in total. The highest BCUT2D eigenvalue weighted by Gasteiger charge is 2.39. The SMILES string of the molecule is CC1CCC(CSc2ccc(-c3ccc4nc(C(F)(F)Oc5cc(F)c(F)c(F)c5)sc4c3)c(F)c2)CC1. The van der Waals surface area contributed by atoms with Crippen molar-refractivity contribution in [2.45, 2.75) is 43.6 Å². The third-order valence-electron chi connectivity index (χ3n) is 6.71. The highest BCUT2D eigenvalue weighted by molar-refractivity contribution is 7.99. The van der Waals surface area contributed by atoms with E-state index in [1.165, 1.54) is 37.8 Å². The predicted molar refractivity (Wildman–Crippen MR) is 138 cm³/mol. The van der Waals surface area contributed by atoms with E-state index < -0.39 is 40.1 Å². The molecule has 0 bridgehead atoms. The van der Waals surface area contributed by atoms with Crippen LogP contribution in [0.3, 0.4) is 0 Å². The van der Waals surface area contributed by atoms with Gasteiger partial charge in [0.05, 0.1) is 10.2 Å². The molecular weight excluding hydrogens is 544 g/mol. The van der Waals surface area contributed by atoms with Crippen molar-refractivity contribution >= 4 is 33.3 Å². The Morgan fingerprint density at radius 2 is 1.63 bits per heavy atom. The zero-order valence-electron chi connectivity index (χ0n) is 20.2. The van der Waals surface area contributed by atoms with Gasteiger partial charge in [0, 0.05) is 28.3 Å². The number of fused-ring (bicyclic) bond motifs is 1. The highest BCUT2D eigenvalue weighted by atomic mass is 32.2. The maximum absolute atomic E-state index is 15.0. The predicted octanol–water partition coefficient (Wildman–Crippen LogP) is 9.57. The Labute approximate surface area is 224 Å². The minimum atomic E-state index is -4.04. The monoisotopic (exact) mass is 567 g/mol. The number of nitrogens with zero attached hydrogens (tertiary/aromatic N) is 1. The van der Waals surface area contributed by atoms with Gasteiger partial charge >= 0.3 is 6.11 Å². The molecule has 0 saturated heterocycles. The molecule has 0 aliphatic heterocycles. The van der Waals surface area contributed by atoms with Gasteiger partial charge in [-0.05, 0) is 54.5 Å². The van der Waals surface area contributed by atoms with E-state index in [1.807, 2.05) is 6.07 Å². The first-order valence-corrected chi connectivity index (χ1v) is 13.9. The van der Waals surface area contributed by atoms with E-state index in [9.17, 15) is 22.0 Å². The molecule has 38 heavy (non-hydrogen) atoms. The summed E-state index contributed by atoms with van der Waals surface area (Å²) in [6, 6.07) is 10.3. The Bertz CT molecular complexity index is 1440. The summed E-state index contributed by atoms with van der Waals surface area (Å²) in [7, 11) is 0. The van der Waals surface area contributed by atoms with Gasteiger partial charge in [-0.15, -0.1) is 23.1 Å². The topological polar surface area (TPSA) is 22.1 Å². The standard InChI is InChI=1S/C28H23F6NOS2/c1-15-2-4-16(5-3-15)14-37-19-7-8-20(21(29)13-19)17-6-9-24-25(10-17)38-27(35-24)28(33,34)36-18-11-22(30)26(32)23(31)12-18/h6-13,15-16H,2-5,14H2,1H3. The van der Waals surface area contributed by atoms with E-state index in [4.69, 9.17) is 0 Å². The fraction of sp³-hybridized carbons (Fsp3) is 0.321. The first-order valence-electron chi connectivity index (χ1n) is 12.1. The molecule has 1 fully saturated rings. The molecular formula is C28H23F6NOS2. The number of thioether (sulfide) groups is 1. The first-order chi connectivity index (χ1) is 18.1. The lowest BCUT2D eigenvalue weighted by atomic mass is 9.84. The van der Waals surface area contributed by atoms with E-state index in [-0.39, 0.29) is 5.52 Å². The quantitative estimate of drug-likeness (QED) is 0.126. The molecule has 5 rings (SSSR count). The number of rotatable bonds is 7. The van der Waals surface area contributed by atoms with Crippen molar-refractivity contribution in [1.82, 2.24) is 4.98 Å². The van der Waals surface area contributed by atoms with Crippen LogP contribution in [0.4, 0.5) is 26.3 Å². The summed E-state index contributed by atoms with van der Waals surface area (Å²) < 4.78 is 89.2. The normalized spacial score (nSPS) is 18.2. The van der Waals surface area contributed by atoms with Crippen molar-refractivity contribution in [3.63, 3.8) is 0 Å². The minimum absolute atomic E-state index is 0.225. The molecule has 1 aromatic heterocycles. The number of ether oxygens (including phenoxy) is 1. The Balaban J connectivity index is 1.32. The van der Waals surface area contributed by atoms with Gasteiger partial charge in [0.25, 0.3) is 0 Å². The van der Waals surface area contributed by atoms with Crippen LogP contribution in [0.2, 0.25) is 0 Å². The average Bonchev–Trinajstić information content (AvgIpc) is 3.31. The van der Waals surface area contributed by atoms with E-state index in [1.54, 1.807) is 30.0 Å². The number of benzene rings is 3. The summed E-state index contributed by atoms with van der Waals surface area (Å²) in [5.41, 5.74) is 1.05. The first kappa shape index (κ1) is 26.9. The van der Waals surface area contributed by atoms with E-state index in [2.05, 4.69) is 16.6 Å². The number of aromatic nitrogens is 1. The van der Waals surface area contributed by atoms with Crippen molar-refractivity contribution in [1.29, 1.82) is 0 Å². The molecule has 1 aliphatic rings. The summed E-state index contributed by atoms with van der Waals surface area (Å²) in [6.07, 6.45) is 0.838. The van der Waals surface area contributed by atoms with Crippen molar-refractivity contribution in [3.05, 3.63) is 76.8 Å². The molecule has 0 atom stereocenters. The van der Waals surface area contributed by atoms with Gasteiger partial charge in [0.2, 0.25) is 5.01 Å². The van der Waals surface area contributed by atoms with Gasteiger partial charge in [-0.3, -0.25) is 0 Å². The van der Waals surface area contributed by atoms with Crippen molar-refractivity contribution < 1.29 is 31.1 Å². The smallest absolute Gasteiger partial charge is 0.427 e. The molecule has 1 heterocycles. The van der Waals surface area contributed by atoms with Crippen LogP contribution in [-0.2, 0) is 6.11 Å². The minimum Gasteiger partial charge on any atom is -0.427 e. The summed E-state index contributed by atoms with van der Waals surface area (Å²) in [5.74, 6) is -4.01. The van der Waals surface area contributed by atoms with Gasteiger partial charge in [-0.2, -0.15) is 8.78 Å². The van der Waals surface area contributed by atoms with Gasteiger partial charge in [-0.1, -0.05) is 31.9 Å². The lowest BCUT2D eigenvalue weighted by molar-refractivity contribution is -0.185. The van der Waals surface area contributed by atoms with Crippen LogP contribution in [0.1, 0.15) is 37.6 Å². The second-order valence-corrected chi connectivity index (χ2v) is 11.7. The summed E-state index contributed by atoms with van der Waals surface area (Å²) in [6.45, 7) is 2.28. The van der Waals surface area contributed by atoms with Crippen LogP contribution in [0, 0.1) is 35.1 Å². The summed E-state index contributed by atoms with van der Waals surface area (Å²) >= 11 is 2.25. The van der Waals surface area contributed by atoms with Crippen LogP contribution >= 0.6 is 23.1 Å². The maximum Gasteiger partial charge on any atom is 0.454 e.